The lowest BCUT2D eigenvalue weighted by Crippen LogP contribution is -2.35. The van der Waals surface area contributed by atoms with Crippen molar-refractivity contribution >= 4 is 15.9 Å². The molecular weight excluding hydrogens is 206 g/mol. The normalized spacial score (nSPS) is 11.3. The monoisotopic (exact) mass is 223 g/mol. The minimum atomic E-state index is -3.22. The molecule has 0 saturated carbocycles. The molecule has 0 aromatic heterocycles. The molecular formula is C7H17N3O3S. The highest BCUT2D eigenvalue weighted by Crippen LogP contribution is 1.86. The van der Waals surface area contributed by atoms with Gasteiger partial charge in [-0.25, -0.2) is 13.1 Å². The van der Waals surface area contributed by atoms with E-state index in [1.807, 2.05) is 0 Å². The molecule has 0 bridgehead atoms. The Morgan fingerprint density at radius 1 is 1.36 bits per heavy atom. The van der Waals surface area contributed by atoms with Gasteiger partial charge in [0.2, 0.25) is 15.9 Å². The van der Waals surface area contributed by atoms with Crippen LogP contribution < -0.4 is 15.8 Å². The van der Waals surface area contributed by atoms with Gasteiger partial charge in [0.15, 0.2) is 0 Å². The lowest BCUT2D eigenvalue weighted by atomic mass is 10.5. The van der Waals surface area contributed by atoms with Gasteiger partial charge in [0.1, 0.15) is 0 Å². The van der Waals surface area contributed by atoms with Gasteiger partial charge in [0.05, 0.1) is 5.75 Å². The van der Waals surface area contributed by atoms with Crippen LogP contribution in [0.25, 0.3) is 0 Å². The van der Waals surface area contributed by atoms with E-state index in [0.29, 0.717) is 19.5 Å². The standard InChI is InChI=1S/C7H17N3O3S/c1-7(11)9-4-5-10-14(12,13)6-2-3-8/h10H,2-6,8H2,1H3,(H,9,11). The van der Waals surface area contributed by atoms with E-state index in [2.05, 4.69) is 10.0 Å². The van der Waals surface area contributed by atoms with Gasteiger partial charge in [-0.15, -0.1) is 0 Å². The first-order valence-electron chi connectivity index (χ1n) is 4.40. The first-order valence-corrected chi connectivity index (χ1v) is 6.05. The Morgan fingerprint density at radius 3 is 2.50 bits per heavy atom. The summed E-state index contributed by atoms with van der Waals surface area (Å²) in [6, 6.07) is 0. The van der Waals surface area contributed by atoms with Crippen molar-refractivity contribution in [1.29, 1.82) is 0 Å². The number of nitrogens with two attached hydrogens (primary N) is 1. The average Bonchev–Trinajstić information content (AvgIpc) is 2.09. The molecule has 0 atom stereocenters. The van der Waals surface area contributed by atoms with Crippen molar-refractivity contribution in [3.05, 3.63) is 0 Å². The fourth-order valence-corrected chi connectivity index (χ4v) is 1.89. The van der Waals surface area contributed by atoms with Crippen molar-refractivity contribution in [1.82, 2.24) is 10.0 Å². The van der Waals surface area contributed by atoms with E-state index >= 15 is 0 Å². The molecule has 0 aliphatic rings. The Kier molecular flexibility index (Phi) is 6.43. The predicted octanol–water partition coefficient (Wildman–Crippen LogP) is -1.61. The second-order valence-electron chi connectivity index (χ2n) is 2.84. The second-order valence-corrected chi connectivity index (χ2v) is 4.76. The third-order valence-corrected chi connectivity index (χ3v) is 2.91. The van der Waals surface area contributed by atoms with Crippen molar-refractivity contribution < 1.29 is 13.2 Å². The van der Waals surface area contributed by atoms with Crippen molar-refractivity contribution in [2.24, 2.45) is 5.73 Å². The van der Waals surface area contributed by atoms with Crippen LogP contribution in [-0.4, -0.2) is 39.7 Å². The zero-order chi connectivity index (χ0) is 11.0. The van der Waals surface area contributed by atoms with Crippen molar-refractivity contribution in [2.45, 2.75) is 13.3 Å². The van der Waals surface area contributed by atoms with Crippen molar-refractivity contribution in [3.63, 3.8) is 0 Å². The zero-order valence-electron chi connectivity index (χ0n) is 8.25. The molecule has 0 fully saturated rings. The van der Waals surface area contributed by atoms with E-state index in [-0.39, 0.29) is 18.2 Å². The van der Waals surface area contributed by atoms with Crippen LogP contribution in [0.2, 0.25) is 0 Å². The molecule has 0 unspecified atom stereocenters. The van der Waals surface area contributed by atoms with Crippen LogP contribution in [-0.2, 0) is 14.8 Å². The zero-order valence-corrected chi connectivity index (χ0v) is 9.06. The summed E-state index contributed by atoms with van der Waals surface area (Å²) in [5.41, 5.74) is 5.18. The van der Waals surface area contributed by atoms with E-state index in [1.165, 1.54) is 6.92 Å². The van der Waals surface area contributed by atoms with E-state index in [9.17, 15) is 13.2 Å². The van der Waals surface area contributed by atoms with E-state index < -0.39 is 10.0 Å². The third kappa shape index (κ3) is 7.96. The molecule has 7 heteroatoms. The quantitative estimate of drug-likeness (QED) is 0.452. The molecule has 1 amide bonds. The summed E-state index contributed by atoms with van der Waals surface area (Å²) in [6.45, 7) is 2.25. The number of rotatable bonds is 7. The molecule has 0 heterocycles. The summed E-state index contributed by atoms with van der Waals surface area (Å²) < 4.78 is 24.7. The molecule has 84 valence electrons. The van der Waals surface area contributed by atoms with Gasteiger partial charge in [-0.1, -0.05) is 0 Å². The summed E-state index contributed by atoms with van der Waals surface area (Å²) >= 11 is 0. The maximum absolute atomic E-state index is 11.2. The van der Waals surface area contributed by atoms with Crippen LogP contribution in [0.4, 0.5) is 0 Å². The van der Waals surface area contributed by atoms with Gasteiger partial charge < -0.3 is 11.1 Å². The Hall–Kier alpha value is -0.660. The highest BCUT2D eigenvalue weighted by atomic mass is 32.2. The Labute approximate surface area is 84.3 Å². The molecule has 0 saturated heterocycles. The van der Waals surface area contributed by atoms with Gasteiger partial charge in [0.25, 0.3) is 0 Å². The minimum Gasteiger partial charge on any atom is -0.355 e. The van der Waals surface area contributed by atoms with Crippen LogP contribution >= 0.6 is 0 Å². The van der Waals surface area contributed by atoms with Crippen LogP contribution in [0.5, 0.6) is 0 Å². The third-order valence-electron chi connectivity index (χ3n) is 1.44. The SMILES string of the molecule is CC(=O)NCCNS(=O)(=O)CCCN. The molecule has 0 aromatic carbocycles. The van der Waals surface area contributed by atoms with Crippen molar-refractivity contribution in [2.75, 3.05) is 25.4 Å². The summed E-state index contributed by atoms with van der Waals surface area (Å²) in [7, 11) is -3.22. The smallest absolute Gasteiger partial charge is 0.216 e. The van der Waals surface area contributed by atoms with Gasteiger partial charge in [-0.05, 0) is 13.0 Å². The fourth-order valence-electron chi connectivity index (χ4n) is 0.791. The first kappa shape index (κ1) is 13.3. The maximum Gasteiger partial charge on any atom is 0.216 e. The topological polar surface area (TPSA) is 101 Å². The van der Waals surface area contributed by atoms with Gasteiger partial charge >= 0.3 is 0 Å². The molecule has 14 heavy (non-hydrogen) atoms. The lowest BCUT2D eigenvalue weighted by Gasteiger charge is -2.05. The number of carbonyl (C=O) groups is 1. The summed E-state index contributed by atoms with van der Waals surface area (Å²) in [4.78, 5) is 10.4. The molecule has 0 aromatic rings. The van der Waals surface area contributed by atoms with Crippen LogP contribution in [0.15, 0.2) is 0 Å². The average molecular weight is 223 g/mol. The predicted molar refractivity (Wildman–Crippen MR) is 54.1 cm³/mol. The molecule has 0 radical (unpaired) electrons. The number of hydrogen-bond donors (Lipinski definition) is 3. The second kappa shape index (κ2) is 6.74. The number of sulfonamides is 1. The summed E-state index contributed by atoms with van der Waals surface area (Å²) in [5.74, 6) is -0.144. The highest BCUT2D eigenvalue weighted by molar-refractivity contribution is 7.89. The van der Waals surface area contributed by atoms with Crippen LogP contribution in [0.1, 0.15) is 13.3 Å². The fraction of sp³-hybridized carbons (Fsp3) is 0.857. The largest absolute Gasteiger partial charge is 0.355 e. The van der Waals surface area contributed by atoms with Gasteiger partial charge in [0, 0.05) is 20.0 Å². The van der Waals surface area contributed by atoms with Gasteiger partial charge in [-0.2, -0.15) is 0 Å². The number of hydrogen-bond acceptors (Lipinski definition) is 4. The lowest BCUT2D eigenvalue weighted by molar-refractivity contribution is -0.118. The van der Waals surface area contributed by atoms with Gasteiger partial charge in [-0.3, -0.25) is 4.79 Å². The van der Waals surface area contributed by atoms with Crippen LogP contribution in [0, 0.1) is 0 Å². The summed E-state index contributed by atoms with van der Waals surface area (Å²) in [6.07, 6.45) is 0.440. The number of nitrogens with one attached hydrogen (secondary N) is 2. The minimum absolute atomic E-state index is 0.0313. The number of carbonyl (C=O) groups excluding carboxylic acids is 1. The number of amides is 1. The molecule has 0 rings (SSSR count). The molecule has 0 aliphatic carbocycles. The Morgan fingerprint density at radius 2 is 2.00 bits per heavy atom. The maximum atomic E-state index is 11.2. The molecule has 6 nitrogen and oxygen atoms in total. The Balaban J connectivity index is 3.61. The van der Waals surface area contributed by atoms with Crippen LogP contribution in [0.3, 0.4) is 0 Å². The molecule has 0 aliphatic heterocycles. The highest BCUT2D eigenvalue weighted by Gasteiger charge is 2.07. The summed E-state index contributed by atoms with van der Waals surface area (Å²) in [5, 5.41) is 2.48. The Bertz CT molecular complexity index is 263. The van der Waals surface area contributed by atoms with E-state index in [4.69, 9.17) is 5.73 Å². The molecule has 4 N–H and O–H groups in total. The first-order chi connectivity index (χ1) is 6.48. The van der Waals surface area contributed by atoms with E-state index in [0.717, 1.165) is 0 Å². The van der Waals surface area contributed by atoms with E-state index in [1.54, 1.807) is 0 Å². The van der Waals surface area contributed by atoms with Crippen molar-refractivity contribution in [3.8, 4) is 0 Å². The molecule has 0 spiro atoms.